The van der Waals surface area contributed by atoms with Gasteiger partial charge in [0.15, 0.2) is 0 Å². The number of alkyl halides is 3. The lowest BCUT2D eigenvalue weighted by molar-refractivity contribution is -0.176. The topological polar surface area (TPSA) is 131 Å². The average molecular weight is 500 g/mol. The Labute approximate surface area is 202 Å². The van der Waals surface area contributed by atoms with Gasteiger partial charge in [-0.05, 0) is 42.4 Å². The minimum atomic E-state index is -5.16. The van der Waals surface area contributed by atoms with E-state index in [0.29, 0.717) is 13.0 Å². The standard InChI is InChI=1S/C23H32F3N5O4/c1-12-10-28-17(32)14(12)7-13(9-27)29-18(33)15-8-22(5-6-22)11-31(15)19(34)16(21(2,3)4)30-20(35)23(24,25)26/h12-16H,5-8,10-11H2,1-4H3,(H,28,32)(H,29,33)(H,30,35)/t12-,13-,14+,15-,16+/m0/s1. The van der Waals surface area contributed by atoms with Gasteiger partial charge in [-0.2, -0.15) is 18.4 Å². The summed E-state index contributed by atoms with van der Waals surface area (Å²) in [6, 6.07) is -1.45. The summed E-state index contributed by atoms with van der Waals surface area (Å²) < 4.78 is 38.8. The van der Waals surface area contributed by atoms with Gasteiger partial charge >= 0.3 is 12.1 Å². The van der Waals surface area contributed by atoms with Crippen LogP contribution in [0.3, 0.4) is 0 Å². The second-order valence-electron chi connectivity index (χ2n) is 11.2. The summed E-state index contributed by atoms with van der Waals surface area (Å²) in [5.41, 5.74) is -1.34. The van der Waals surface area contributed by atoms with Crippen LogP contribution in [0.4, 0.5) is 13.2 Å². The second kappa shape index (κ2) is 9.32. The van der Waals surface area contributed by atoms with Crippen LogP contribution in [0.2, 0.25) is 0 Å². The minimum absolute atomic E-state index is 0.000620. The molecule has 0 bridgehead atoms. The number of nitrogens with one attached hydrogen (secondary N) is 3. The summed E-state index contributed by atoms with van der Waals surface area (Å²) in [6.45, 7) is 7.14. The maximum absolute atomic E-state index is 13.5. The largest absolute Gasteiger partial charge is 0.471 e. The van der Waals surface area contributed by atoms with Crippen molar-refractivity contribution >= 4 is 23.6 Å². The lowest BCUT2D eigenvalue weighted by Crippen LogP contribution is -2.59. The zero-order chi connectivity index (χ0) is 26.3. The van der Waals surface area contributed by atoms with Gasteiger partial charge in [0.05, 0.1) is 6.07 Å². The minimum Gasteiger partial charge on any atom is -0.356 e. The number of hydrogen-bond acceptors (Lipinski definition) is 5. The Balaban J connectivity index is 1.77. The predicted molar refractivity (Wildman–Crippen MR) is 117 cm³/mol. The Bertz CT molecular complexity index is 935. The fourth-order valence-corrected chi connectivity index (χ4v) is 4.89. The molecule has 2 saturated heterocycles. The molecule has 35 heavy (non-hydrogen) atoms. The molecular weight excluding hydrogens is 467 g/mol. The van der Waals surface area contributed by atoms with E-state index in [1.165, 1.54) is 25.7 Å². The third-order valence-corrected chi connectivity index (χ3v) is 7.28. The van der Waals surface area contributed by atoms with Crippen LogP contribution in [0.5, 0.6) is 0 Å². The molecule has 2 aliphatic heterocycles. The Morgan fingerprint density at radius 1 is 1.23 bits per heavy atom. The van der Waals surface area contributed by atoms with Crippen LogP contribution in [0.1, 0.15) is 53.4 Å². The maximum atomic E-state index is 13.5. The molecule has 1 aliphatic carbocycles. The summed E-state index contributed by atoms with van der Waals surface area (Å²) in [5.74, 6) is -4.19. The van der Waals surface area contributed by atoms with Crippen molar-refractivity contribution in [3.63, 3.8) is 0 Å². The SMILES string of the molecule is C[C@H]1CNC(=O)[C@@H]1C[C@@H](C#N)NC(=O)[C@@H]1CC2(CC2)CN1C(=O)[C@@H](NC(=O)C(F)(F)F)C(C)(C)C. The van der Waals surface area contributed by atoms with Crippen molar-refractivity contribution in [2.24, 2.45) is 22.7 Å². The highest BCUT2D eigenvalue weighted by Gasteiger charge is 2.57. The number of likely N-dealkylation sites (tertiary alicyclic amines) is 1. The molecule has 2 heterocycles. The zero-order valence-corrected chi connectivity index (χ0v) is 20.3. The molecule has 0 radical (unpaired) electrons. The Morgan fingerprint density at radius 3 is 2.31 bits per heavy atom. The van der Waals surface area contributed by atoms with Crippen molar-refractivity contribution in [2.45, 2.75) is 77.7 Å². The van der Waals surface area contributed by atoms with E-state index < -0.39 is 53.4 Å². The molecule has 0 unspecified atom stereocenters. The number of carbonyl (C=O) groups is 4. The molecule has 3 fully saturated rings. The first kappa shape index (κ1) is 26.8. The first-order chi connectivity index (χ1) is 16.1. The lowest BCUT2D eigenvalue weighted by atomic mass is 9.85. The Hall–Kier alpha value is -2.84. The molecule has 12 heteroatoms. The van der Waals surface area contributed by atoms with Gasteiger partial charge in [0.2, 0.25) is 17.7 Å². The predicted octanol–water partition coefficient (Wildman–Crippen LogP) is 1.24. The Kier molecular flexibility index (Phi) is 7.12. The average Bonchev–Trinajstić information content (AvgIpc) is 3.28. The van der Waals surface area contributed by atoms with Crippen LogP contribution in [-0.4, -0.2) is 65.9 Å². The second-order valence-corrected chi connectivity index (χ2v) is 11.2. The number of nitriles is 1. The summed E-state index contributed by atoms with van der Waals surface area (Å²) in [4.78, 5) is 51.6. The number of amides is 4. The summed E-state index contributed by atoms with van der Waals surface area (Å²) in [6.07, 6.45) is -3.17. The van der Waals surface area contributed by atoms with E-state index in [1.54, 1.807) is 0 Å². The highest BCUT2D eigenvalue weighted by atomic mass is 19.4. The van der Waals surface area contributed by atoms with Gasteiger partial charge in [-0.1, -0.05) is 27.7 Å². The molecule has 1 saturated carbocycles. The van der Waals surface area contributed by atoms with Crippen molar-refractivity contribution in [3.05, 3.63) is 0 Å². The number of carbonyl (C=O) groups excluding carboxylic acids is 4. The third-order valence-electron chi connectivity index (χ3n) is 7.28. The van der Waals surface area contributed by atoms with Gasteiger partial charge in [-0.25, -0.2) is 0 Å². The van der Waals surface area contributed by atoms with Gasteiger partial charge < -0.3 is 20.9 Å². The van der Waals surface area contributed by atoms with Crippen molar-refractivity contribution < 1.29 is 32.3 Å². The van der Waals surface area contributed by atoms with Crippen molar-refractivity contribution in [1.29, 1.82) is 5.26 Å². The molecule has 3 N–H and O–H groups in total. The lowest BCUT2D eigenvalue weighted by Gasteiger charge is -2.35. The fraction of sp³-hybridized carbons (Fsp3) is 0.783. The van der Waals surface area contributed by atoms with Crippen LogP contribution in [0, 0.1) is 34.0 Å². The zero-order valence-electron chi connectivity index (χ0n) is 20.3. The molecule has 0 aromatic heterocycles. The number of nitrogens with zero attached hydrogens (tertiary/aromatic N) is 2. The maximum Gasteiger partial charge on any atom is 0.471 e. The Morgan fingerprint density at radius 2 is 1.86 bits per heavy atom. The molecule has 0 aromatic carbocycles. The number of rotatable bonds is 6. The van der Waals surface area contributed by atoms with Crippen molar-refractivity contribution in [2.75, 3.05) is 13.1 Å². The van der Waals surface area contributed by atoms with Gasteiger partial charge in [0, 0.05) is 19.0 Å². The first-order valence-electron chi connectivity index (χ1n) is 11.7. The summed E-state index contributed by atoms with van der Waals surface area (Å²) in [7, 11) is 0. The highest BCUT2D eigenvalue weighted by molar-refractivity contribution is 5.94. The van der Waals surface area contributed by atoms with Crippen molar-refractivity contribution in [3.8, 4) is 6.07 Å². The van der Waals surface area contributed by atoms with Crippen LogP contribution in [-0.2, 0) is 19.2 Å². The molecule has 194 valence electrons. The first-order valence-corrected chi connectivity index (χ1v) is 11.7. The van der Waals surface area contributed by atoms with Gasteiger partial charge in [-0.3, -0.25) is 19.2 Å². The van der Waals surface area contributed by atoms with Crippen LogP contribution in [0.25, 0.3) is 0 Å². The molecule has 1 spiro atoms. The van der Waals surface area contributed by atoms with Crippen LogP contribution < -0.4 is 16.0 Å². The van der Waals surface area contributed by atoms with E-state index in [4.69, 9.17) is 0 Å². The fourth-order valence-electron chi connectivity index (χ4n) is 4.89. The molecule has 9 nitrogen and oxygen atoms in total. The van der Waals surface area contributed by atoms with Crippen molar-refractivity contribution in [1.82, 2.24) is 20.9 Å². The monoisotopic (exact) mass is 499 g/mol. The van der Waals surface area contributed by atoms with E-state index in [-0.39, 0.29) is 30.2 Å². The normalized spacial score (nSPS) is 27.1. The molecule has 3 aliphatic rings. The summed E-state index contributed by atoms with van der Waals surface area (Å²) >= 11 is 0. The molecule has 4 amide bonds. The van der Waals surface area contributed by atoms with E-state index >= 15 is 0 Å². The summed E-state index contributed by atoms with van der Waals surface area (Å²) in [5, 5.41) is 16.7. The van der Waals surface area contributed by atoms with Gasteiger partial charge in [0.25, 0.3) is 0 Å². The van der Waals surface area contributed by atoms with E-state index in [2.05, 4.69) is 10.6 Å². The van der Waals surface area contributed by atoms with E-state index in [9.17, 15) is 37.6 Å². The quantitative estimate of drug-likeness (QED) is 0.506. The molecule has 5 atom stereocenters. The molecule has 3 rings (SSSR count). The van der Waals surface area contributed by atoms with E-state index in [1.807, 2.05) is 18.3 Å². The smallest absolute Gasteiger partial charge is 0.356 e. The number of halogens is 3. The van der Waals surface area contributed by atoms with Gasteiger partial charge in [-0.15, -0.1) is 0 Å². The van der Waals surface area contributed by atoms with Gasteiger partial charge in [0.1, 0.15) is 18.1 Å². The van der Waals surface area contributed by atoms with Crippen LogP contribution in [0.15, 0.2) is 0 Å². The van der Waals surface area contributed by atoms with Crippen LogP contribution >= 0.6 is 0 Å². The molecule has 0 aromatic rings. The number of hydrogen-bond donors (Lipinski definition) is 3. The highest BCUT2D eigenvalue weighted by Crippen LogP contribution is 2.55. The molecular formula is C23H32F3N5O4. The van der Waals surface area contributed by atoms with E-state index in [0.717, 1.165) is 12.8 Å². The third kappa shape index (κ3) is 5.87.